The summed E-state index contributed by atoms with van der Waals surface area (Å²) in [6.07, 6.45) is 2.23. The van der Waals surface area contributed by atoms with Gasteiger partial charge < -0.3 is 15.0 Å². The van der Waals surface area contributed by atoms with E-state index >= 15 is 0 Å². The molecule has 9 heteroatoms. The van der Waals surface area contributed by atoms with E-state index in [4.69, 9.17) is 4.74 Å². The lowest BCUT2D eigenvalue weighted by molar-refractivity contribution is -0.132. The van der Waals surface area contributed by atoms with Gasteiger partial charge in [-0.2, -0.15) is 5.10 Å². The van der Waals surface area contributed by atoms with Crippen LogP contribution in [0.3, 0.4) is 0 Å². The predicted octanol–water partition coefficient (Wildman–Crippen LogP) is 0.736. The molecule has 1 N–H and O–H groups in total. The first-order valence-corrected chi connectivity index (χ1v) is 7.87. The number of ether oxygens (including phenoxy) is 1. The SMILES string of the molecule is COC(=O)C1=NC2N(C)C=NN2C(C(=O)NCc2ccc(F)c(C)c2)=C1. The van der Waals surface area contributed by atoms with Gasteiger partial charge in [0, 0.05) is 19.7 Å². The number of benzene rings is 1. The number of nitrogens with one attached hydrogen (secondary N) is 1. The number of hydrogen-bond donors (Lipinski definition) is 1. The number of carbonyl (C=O) groups excluding carboxylic acids is 2. The van der Waals surface area contributed by atoms with Crippen molar-refractivity contribution in [1.29, 1.82) is 0 Å². The monoisotopic (exact) mass is 359 g/mol. The fourth-order valence-electron chi connectivity index (χ4n) is 2.59. The van der Waals surface area contributed by atoms with Gasteiger partial charge in [0.05, 0.1) is 7.11 Å². The van der Waals surface area contributed by atoms with E-state index in [2.05, 4.69) is 15.4 Å². The van der Waals surface area contributed by atoms with Crippen LogP contribution in [0.15, 0.2) is 40.1 Å². The smallest absolute Gasteiger partial charge is 0.356 e. The van der Waals surface area contributed by atoms with Gasteiger partial charge >= 0.3 is 5.97 Å². The number of esters is 1. The summed E-state index contributed by atoms with van der Waals surface area (Å²) in [5.41, 5.74) is 1.47. The van der Waals surface area contributed by atoms with E-state index in [0.717, 1.165) is 5.56 Å². The van der Waals surface area contributed by atoms with Gasteiger partial charge in [0.25, 0.3) is 5.91 Å². The van der Waals surface area contributed by atoms with Crippen LogP contribution >= 0.6 is 0 Å². The van der Waals surface area contributed by atoms with Crippen molar-refractivity contribution >= 4 is 23.9 Å². The van der Waals surface area contributed by atoms with Gasteiger partial charge in [0.2, 0.25) is 6.29 Å². The van der Waals surface area contributed by atoms with E-state index in [-0.39, 0.29) is 23.8 Å². The number of methoxy groups -OCH3 is 1. The zero-order valence-electron chi connectivity index (χ0n) is 14.6. The van der Waals surface area contributed by atoms with Crippen LogP contribution in [0.5, 0.6) is 0 Å². The average molecular weight is 359 g/mol. The van der Waals surface area contributed by atoms with Crippen molar-refractivity contribution < 1.29 is 18.7 Å². The first-order chi connectivity index (χ1) is 12.4. The Morgan fingerprint density at radius 2 is 2.15 bits per heavy atom. The maximum absolute atomic E-state index is 13.3. The summed E-state index contributed by atoms with van der Waals surface area (Å²) in [6.45, 7) is 1.86. The third-order valence-corrected chi connectivity index (χ3v) is 4.02. The Kier molecular flexibility index (Phi) is 4.70. The fraction of sp³-hybridized carbons (Fsp3) is 0.294. The fourth-order valence-corrected chi connectivity index (χ4v) is 2.59. The van der Waals surface area contributed by atoms with Gasteiger partial charge in [0.1, 0.15) is 23.6 Å². The molecule has 1 unspecified atom stereocenters. The molecule has 0 saturated heterocycles. The lowest BCUT2D eigenvalue weighted by Crippen LogP contribution is -2.44. The van der Waals surface area contributed by atoms with Crippen LogP contribution in [-0.4, -0.2) is 54.3 Å². The molecule has 1 amide bonds. The predicted molar refractivity (Wildman–Crippen MR) is 92.4 cm³/mol. The summed E-state index contributed by atoms with van der Waals surface area (Å²) in [6, 6.07) is 4.62. The van der Waals surface area contributed by atoms with E-state index in [1.165, 1.54) is 30.6 Å². The Bertz CT molecular complexity index is 849. The standard InChI is InChI=1S/C17H18FN5O3/c1-10-6-11(4-5-12(10)18)8-19-15(24)14-7-13(16(25)26-3)21-17-22(2)9-20-23(14)17/h4-7,9,17H,8H2,1-3H3,(H,19,24). The van der Waals surface area contributed by atoms with Crippen molar-refractivity contribution in [3.63, 3.8) is 0 Å². The number of aryl methyl sites for hydroxylation is 1. The zero-order valence-corrected chi connectivity index (χ0v) is 14.6. The number of hydrazone groups is 1. The molecule has 136 valence electrons. The molecule has 0 saturated carbocycles. The quantitative estimate of drug-likeness (QED) is 0.801. The van der Waals surface area contributed by atoms with Crippen LogP contribution in [0.2, 0.25) is 0 Å². The molecule has 1 aromatic carbocycles. The third kappa shape index (κ3) is 3.28. The Labute approximate surface area is 149 Å². The molecular formula is C17H18FN5O3. The first kappa shape index (κ1) is 17.6. The molecule has 3 rings (SSSR count). The van der Waals surface area contributed by atoms with Gasteiger partial charge in [0.15, 0.2) is 0 Å². The molecule has 1 atom stereocenters. The molecule has 0 radical (unpaired) electrons. The Balaban J connectivity index is 1.79. The number of fused-ring (bicyclic) bond motifs is 1. The van der Waals surface area contributed by atoms with Crippen LogP contribution in [0.4, 0.5) is 4.39 Å². The highest BCUT2D eigenvalue weighted by Crippen LogP contribution is 2.23. The second-order valence-electron chi connectivity index (χ2n) is 5.89. The summed E-state index contributed by atoms with van der Waals surface area (Å²) in [5, 5.41) is 8.30. The number of carbonyl (C=O) groups is 2. The number of rotatable bonds is 4. The topological polar surface area (TPSA) is 86.6 Å². The molecule has 1 aromatic rings. The highest BCUT2D eigenvalue weighted by Gasteiger charge is 2.36. The lowest BCUT2D eigenvalue weighted by atomic mass is 10.1. The number of hydrogen-bond acceptors (Lipinski definition) is 7. The second kappa shape index (κ2) is 6.95. The molecule has 2 aliphatic rings. The Morgan fingerprint density at radius 3 is 2.85 bits per heavy atom. The van der Waals surface area contributed by atoms with Gasteiger partial charge in [-0.15, -0.1) is 0 Å². The van der Waals surface area contributed by atoms with E-state index in [0.29, 0.717) is 5.56 Å². The average Bonchev–Trinajstić information content (AvgIpc) is 3.02. The lowest BCUT2D eigenvalue weighted by Gasteiger charge is -2.29. The Hall–Kier alpha value is -3.23. The van der Waals surface area contributed by atoms with Gasteiger partial charge in [-0.1, -0.05) is 12.1 Å². The van der Waals surface area contributed by atoms with Crippen molar-refractivity contribution in [2.45, 2.75) is 19.8 Å². The summed E-state index contributed by atoms with van der Waals surface area (Å²) in [5.74, 6) is -1.36. The molecule has 8 nitrogen and oxygen atoms in total. The molecule has 0 spiro atoms. The molecule has 0 bridgehead atoms. The van der Waals surface area contributed by atoms with Crippen molar-refractivity contribution in [3.8, 4) is 0 Å². The highest BCUT2D eigenvalue weighted by molar-refractivity contribution is 6.42. The van der Waals surface area contributed by atoms with Crippen molar-refractivity contribution in [2.75, 3.05) is 14.2 Å². The summed E-state index contributed by atoms with van der Waals surface area (Å²) < 4.78 is 18.0. The highest BCUT2D eigenvalue weighted by atomic mass is 19.1. The number of nitrogens with zero attached hydrogens (tertiary/aromatic N) is 4. The maximum atomic E-state index is 13.3. The third-order valence-electron chi connectivity index (χ3n) is 4.02. The normalized spacial score (nSPS) is 18.2. The molecule has 2 aliphatic heterocycles. The molecule has 0 fully saturated rings. The molecule has 0 aliphatic carbocycles. The minimum absolute atomic E-state index is 0.0360. The summed E-state index contributed by atoms with van der Waals surface area (Å²) >= 11 is 0. The Morgan fingerprint density at radius 1 is 1.38 bits per heavy atom. The minimum Gasteiger partial charge on any atom is -0.464 e. The second-order valence-corrected chi connectivity index (χ2v) is 5.89. The molecular weight excluding hydrogens is 341 g/mol. The molecule has 2 heterocycles. The van der Waals surface area contributed by atoms with Gasteiger partial charge in [-0.25, -0.2) is 19.2 Å². The van der Waals surface area contributed by atoms with E-state index in [1.54, 1.807) is 31.0 Å². The maximum Gasteiger partial charge on any atom is 0.356 e. The largest absolute Gasteiger partial charge is 0.464 e. The van der Waals surface area contributed by atoms with Crippen LogP contribution in [0, 0.1) is 12.7 Å². The van der Waals surface area contributed by atoms with Crippen molar-refractivity contribution in [3.05, 3.63) is 46.9 Å². The van der Waals surface area contributed by atoms with E-state index in [1.807, 2.05) is 0 Å². The van der Waals surface area contributed by atoms with E-state index in [9.17, 15) is 14.0 Å². The molecule has 26 heavy (non-hydrogen) atoms. The van der Waals surface area contributed by atoms with Crippen LogP contribution < -0.4 is 5.32 Å². The van der Waals surface area contributed by atoms with Crippen molar-refractivity contribution in [1.82, 2.24) is 15.2 Å². The van der Waals surface area contributed by atoms with Crippen LogP contribution in [0.25, 0.3) is 0 Å². The van der Waals surface area contributed by atoms with Crippen LogP contribution in [0.1, 0.15) is 11.1 Å². The summed E-state index contributed by atoms with van der Waals surface area (Å²) in [7, 11) is 2.98. The van der Waals surface area contributed by atoms with Gasteiger partial charge in [-0.3, -0.25) is 4.79 Å². The number of amides is 1. The molecule has 0 aromatic heterocycles. The minimum atomic E-state index is -0.635. The summed E-state index contributed by atoms with van der Waals surface area (Å²) in [4.78, 5) is 30.4. The number of halogens is 1. The van der Waals surface area contributed by atoms with E-state index < -0.39 is 18.2 Å². The first-order valence-electron chi connectivity index (χ1n) is 7.87. The van der Waals surface area contributed by atoms with Crippen molar-refractivity contribution in [2.24, 2.45) is 10.1 Å². The zero-order chi connectivity index (χ0) is 18.8. The van der Waals surface area contributed by atoms with Gasteiger partial charge in [-0.05, 0) is 24.1 Å². The number of aliphatic imine (C=N–C) groups is 1. The van der Waals surface area contributed by atoms with Crippen LogP contribution in [-0.2, 0) is 20.9 Å².